The maximum absolute atomic E-state index is 5.51. The van der Waals surface area contributed by atoms with E-state index in [2.05, 4.69) is 15.8 Å². The van der Waals surface area contributed by atoms with Crippen molar-refractivity contribution in [2.24, 2.45) is 7.05 Å². The lowest BCUT2D eigenvalue weighted by atomic mass is 10.3. The third-order valence-electron chi connectivity index (χ3n) is 2.61. The second kappa shape index (κ2) is 4.52. The van der Waals surface area contributed by atoms with Crippen LogP contribution in [0.15, 0.2) is 6.20 Å². The molecule has 1 aromatic heterocycles. The van der Waals surface area contributed by atoms with Gasteiger partial charge in [-0.1, -0.05) is 18.1 Å². The quantitative estimate of drug-likeness (QED) is 0.723. The van der Waals surface area contributed by atoms with Crippen LogP contribution in [0.2, 0.25) is 0 Å². The summed E-state index contributed by atoms with van der Waals surface area (Å²) in [6.45, 7) is 0.667. The van der Waals surface area contributed by atoms with Gasteiger partial charge in [0.1, 0.15) is 0 Å². The summed E-state index contributed by atoms with van der Waals surface area (Å²) in [4.78, 5) is 5.51. The molecule has 1 aliphatic carbocycles. The van der Waals surface area contributed by atoms with Gasteiger partial charge in [-0.3, -0.25) is 9.52 Å². The smallest absolute Gasteiger partial charge is 0.0790 e. The van der Waals surface area contributed by atoms with Crippen LogP contribution in [0.3, 0.4) is 0 Å². The van der Waals surface area contributed by atoms with Gasteiger partial charge in [0.2, 0.25) is 0 Å². The zero-order valence-electron chi connectivity index (χ0n) is 8.44. The highest BCUT2D eigenvalue weighted by molar-refractivity contribution is 4.91. The number of aryl methyl sites for hydroxylation is 1. The fraction of sp³-hybridized carbons (Fsp3) is 0.778. The summed E-state index contributed by atoms with van der Waals surface area (Å²) >= 11 is 0. The maximum atomic E-state index is 5.51. The van der Waals surface area contributed by atoms with Crippen molar-refractivity contribution in [2.75, 3.05) is 0 Å². The lowest BCUT2D eigenvalue weighted by Crippen LogP contribution is -2.22. The van der Waals surface area contributed by atoms with Gasteiger partial charge in [-0.25, -0.2) is 0 Å². The fourth-order valence-corrected chi connectivity index (χ4v) is 1.71. The van der Waals surface area contributed by atoms with Gasteiger partial charge in [0.25, 0.3) is 0 Å². The Morgan fingerprint density at radius 2 is 2.36 bits per heavy atom. The summed E-state index contributed by atoms with van der Waals surface area (Å²) < 4.78 is 1.74. The molecule has 1 fully saturated rings. The third kappa shape index (κ3) is 2.30. The standard InChI is InChI=1S/C9H16N4O/c1-13-8(6-10-12-13)7-11-14-9-4-2-3-5-9/h6,9,11H,2-5,7H2,1H3. The summed E-state index contributed by atoms with van der Waals surface area (Å²) in [6.07, 6.45) is 7.08. The zero-order chi connectivity index (χ0) is 9.80. The molecule has 1 N–H and O–H groups in total. The largest absolute Gasteiger partial charge is 0.298 e. The van der Waals surface area contributed by atoms with Gasteiger partial charge in [-0.15, -0.1) is 5.10 Å². The first-order valence-electron chi connectivity index (χ1n) is 5.08. The molecule has 2 rings (SSSR count). The fourth-order valence-electron chi connectivity index (χ4n) is 1.71. The lowest BCUT2D eigenvalue weighted by Gasteiger charge is -2.10. The molecular weight excluding hydrogens is 180 g/mol. The van der Waals surface area contributed by atoms with E-state index in [0.717, 1.165) is 5.69 Å². The van der Waals surface area contributed by atoms with Gasteiger partial charge < -0.3 is 0 Å². The average molecular weight is 196 g/mol. The zero-order valence-corrected chi connectivity index (χ0v) is 8.44. The summed E-state index contributed by atoms with van der Waals surface area (Å²) in [5, 5.41) is 7.63. The Bertz CT molecular complexity index is 280. The molecule has 5 heteroatoms. The first kappa shape index (κ1) is 9.61. The Morgan fingerprint density at radius 3 is 3.00 bits per heavy atom. The molecule has 0 aromatic carbocycles. The predicted octanol–water partition coefficient (Wildman–Crippen LogP) is 0.779. The van der Waals surface area contributed by atoms with Crippen LogP contribution in [0.5, 0.6) is 0 Å². The Balaban J connectivity index is 1.70. The number of rotatable bonds is 4. The summed E-state index contributed by atoms with van der Waals surface area (Å²) in [7, 11) is 1.87. The highest BCUT2D eigenvalue weighted by atomic mass is 16.7. The molecule has 0 saturated heterocycles. The Hall–Kier alpha value is -0.940. The van der Waals surface area contributed by atoms with E-state index in [9.17, 15) is 0 Å². The summed E-state index contributed by atoms with van der Waals surface area (Å²) in [5.41, 5.74) is 4.00. The first-order valence-corrected chi connectivity index (χ1v) is 5.08. The molecule has 78 valence electrons. The predicted molar refractivity (Wildman–Crippen MR) is 51.2 cm³/mol. The molecule has 0 bridgehead atoms. The van der Waals surface area contributed by atoms with Crippen molar-refractivity contribution >= 4 is 0 Å². The van der Waals surface area contributed by atoms with Crippen LogP contribution in [-0.4, -0.2) is 21.1 Å². The number of nitrogens with one attached hydrogen (secondary N) is 1. The van der Waals surface area contributed by atoms with Crippen LogP contribution in [0, 0.1) is 0 Å². The van der Waals surface area contributed by atoms with E-state index in [-0.39, 0.29) is 0 Å². The van der Waals surface area contributed by atoms with Crippen molar-refractivity contribution in [3.63, 3.8) is 0 Å². The van der Waals surface area contributed by atoms with Crippen LogP contribution in [0.25, 0.3) is 0 Å². The molecule has 0 radical (unpaired) electrons. The van der Waals surface area contributed by atoms with Crippen LogP contribution in [-0.2, 0) is 18.4 Å². The van der Waals surface area contributed by atoms with Crippen molar-refractivity contribution in [3.8, 4) is 0 Å². The van der Waals surface area contributed by atoms with Crippen LogP contribution >= 0.6 is 0 Å². The molecule has 1 aliphatic rings. The van der Waals surface area contributed by atoms with Gasteiger partial charge >= 0.3 is 0 Å². The average Bonchev–Trinajstić information content (AvgIpc) is 2.78. The number of aromatic nitrogens is 3. The van der Waals surface area contributed by atoms with Crippen molar-refractivity contribution in [1.29, 1.82) is 0 Å². The van der Waals surface area contributed by atoms with E-state index >= 15 is 0 Å². The topological polar surface area (TPSA) is 52.0 Å². The molecule has 1 aromatic rings. The van der Waals surface area contributed by atoms with Crippen LogP contribution in [0.4, 0.5) is 0 Å². The number of nitrogens with zero attached hydrogens (tertiary/aromatic N) is 3. The van der Waals surface area contributed by atoms with Crippen molar-refractivity contribution in [2.45, 2.75) is 38.3 Å². The molecule has 14 heavy (non-hydrogen) atoms. The SMILES string of the molecule is Cn1nncc1CNOC1CCCC1. The van der Waals surface area contributed by atoms with Gasteiger partial charge in [0.05, 0.1) is 24.5 Å². The molecule has 0 aliphatic heterocycles. The van der Waals surface area contributed by atoms with E-state index in [4.69, 9.17) is 4.84 Å². The van der Waals surface area contributed by atoms with E-state index in [1.807, 2.05) is 7.05 Å². The van der Waals surface area contributed by atoms with Crippen LogP contribution in [0.1, 0.15) is 31.4 Å². The number of hydroxylamine groups is 1. The van der Waals surface area contributed by atoms with E-state index in [0.29, 0.717) is 12.6 Å². The van der Waals surface area contributed by atoms with Gasteiger partial charge in [-0.05, 0) is 12.8 Å². The Kier molecular flexibility index (Phi) is 3.10. The van der Waals surface area contributed by atoms with E-state index in [1.54, 1.807) is 10.9 Å². The van der Waals surface area contributed by atoms with E-state index in [1.165, 1.54) is 25.7 Å². The summed E-state index contributed by atoms with van der Waals surface area (Å²) in [6, 6.07) is 0. The van der Waals surface area contributed by atoms with Crippen molar-refractivity contribution in [3.05, 3.63) is 11.9 Å². The molecule has 0 spiro atoms. The molecule has 1 heterocycles. The highest BCUT2D eigenvalue weighted by Crippen LogP contribution is 2.19. The minimum Gasteiger partial charge on any atom is -0.298 e. The van der Waals surface area contributed by atoms with E-state index < -0.39 is 0 Å². The van der Waals surface area contributed by atoms with Gasteiger partial charge in [-0.2, -0.15) is 5.48 Å². The Morgan fingerprint density at radius 1 is 1.57 bits per heavy atom. The minimum absolute atomic E-state index is 0.399. The normalized spacial score (nSPS) is 17.8. The third-order valence-corrected chi connectivity index (χ3v) is 2.61. The summed E-state index contributed by atoms with van der Waals surface area (Å²) in [5.74, 6) is 0. The van der Waals surface area contributed by atoms with Crippen molar-refractivity contribution < 1.29 is 4.84 Å². The molecule has 1 saturated carbocycles. The molecule has 0 amide bonds. The molecule has 0 atom stereocenters. The van der Waals surface area contributed by atoms with Crippen molar-refractivity contribution in [1.82, 2.24) is 20.5 Å². The lowest BCUT2D eigenvalue weighted by molar-refractivity contribution is -0.0253. The minimum atomic E-state index is 0.399. The second-order valence-electron chi connectivity index (χ2n) is 3.69. The maximum Gasteiger partial charge on any atom is 0.0790 e. The van der Waals surface area contributed by atoms with Gasteiger partial charge in [0, 0.05) is 7.05 Å². The first-order chi connectivity index (χ1) is 6.86. The molecule has 0 unspecified atom stereocenters. The van der Waals surface area contributed by atoms with Crippen LogP contribution < -0.4 is 5.48 Å². The van der Waals surface area contributed by atoms with Gasteiger partial charge in [0.15, 0.2) is 0 Å². The number of hydrogen-bond donors (Lipinski definition) is 1. The molecular formula is C9H16N4O. The number of hydrogen-bond acceptors (Lipinski definition) is 4. The Labute approximate surface area is 83.4 Å². The molecule has 5 nitrogen and oxygen atoms in total. The highest BCUT2D eigenvalue weighted by Gasteiger charge is 2.15. The monoisotopic (exact) mass is 196 g/mol. The second-order valence-corrected chi connectivity index (χ2v) is 3.69.